The quantitative estimate of drug-likeness (QED) is 0.810. The molecule has 0 amide bonds. The third-order valence-corrected chi connectivity index (χ3v) is 2.45. The van der Waals surface area contributed by atoms with Gasteiger partial charge < -0.3 is 9.94 Å². The van der Waals surface area contributed by atoms with E-state index in [9.17, 15) is 4.79 Å². The Bertz CT molecular complexity index is 341. The lowest BCUT2D eigenvalue weighted by atomic mass is 10.1. The van der Waals surface area contributed by atoms with Crippen LogP contribution in [-0.4, -0.2) is 18.2 Å². The number of halogens is 1. The number of hydrogen-bond acceptors (Lipinski definition) is 3. The van der Waals surface area contributed by atoms with Crippen LogP contribution in [-0.2, 0) is 11.4 Å². The summed E-state index contributed by atoms with van der Waals surface area (Å²) in [5, 5.41) is 8.72. The molecular weight excluding hydrogens is 250 g/mol. The summed E-state index contributed by atoms with van der Waals surface area (Å²) in [7, 11) is 1.53. The van der Waals surface area contributed by atoms with Crippen LogP contribution >= 0.6 is 15.9 Å². The molecule has 14 heavy (non-hydrogen) atoms. The summed E-state index contributed by atoms with van der Waals surface area (Å²) in [4.78, 5) is 15.3. The largest absolute Gasteiger partial charge is 0.478 e. The van der Waals surface area contributed by atoms with Gasteiger partial charge >= 0.3 is 5.97 Å². The van der Waals surface area contributed by atoms with Crippen LogP contribution in [0.2, 0.25) is 0 Å². The molecule has 1 rings (SSSR count). The summed E-state index contributed by atoms with van der Waals surface area (Å²) in [6.07, 6.45) is 0. The second-order valence-electron chi connectivity index (χ2n) is 2.64. The normalized spacial score (nSPS) is 10.1. The Morgan fingerprint density at radius 3 is 2.86 bits per heavy atom. The van der Waals surface area contributed by atoms with Crippen molar-refractivity contribution in [2.45, 2.75) is 6.54 Å². The first-order chi connectivity index (χ1) is 6.65. The highest BCUT2D eigenvalue weighted by Gasteiger charge is 2.05. The van der Waals surface area contributed by atoms with Gasteiger partial charge in [0.25, 0.3) is 0 Å². The molecule has 5 heteroatoms. The van der Waals surface area contributed by atoms with Crippen LogP contribution in [0.5, 0.6) is 0 Å². The van der Waals surface area contributed by atoms with E-state index in [4.69, 9.17) is 9.94 Å². The summed E-state index contributed by atoms with van der Waals surface area (Å²) >= 11 is 3.29. The average Bonchev–Trinajstić information content (AvgIpc) is 2.15. The van der Waals surface area contributed by atoms with Crippen LogP contribution in [0.15, 0.2) is 22.7 Å². The van der Waals surface area contributed by atoms with Gasteiger partial charge in [-0.15, -0.1) is 0 Å². The Kier molecular flexibility index (Phi) is 4.06. The van der Waals surface area contributed by atoms with E-state index in [0.29, 0.717) is 6.54 Å². The molecule has 0 spiro atoms. The Morgan fingerprint density at radius 2 is 2.36 bits per heavy atom. The molecule has 76 valence electrons. The smallest absolute Gasteiger partial charge is 0.335 e. The van der Waals surface area contributed by atoms with Gasteiger partial charge in [-0.05, 0) is 17.7 Å². The zero-order chi connectivity index (χ0) is 10.6. The Labute approximate surface area is 90.0 Å². The predicted molar refractivity (Wildman–Crippen MR) is 55.0 cm³/mol. The molecule has 0 saturated heterocycles. The molecule has 0 radical (unpaired) electrons. The molecule has 0 aliphatic carbocycles. The monoisotopic (exact) mass is 259 g/mol. The molecule has 0 fully saturated rings. The van der Waals surface area contributed by atoms with Gasteiger partial charge in [-0.2, -0.15) is 5.48 Å². The number of nitrogens with one attached hydrogen (secondary N) is 1. The molecule has 0 heterocycles. The van der Waals surface area contributed by atoms with Gasteiger partial charge in [0.05, 0.1) is 12.7 Å². The molecule has 0 bridgehead atoms. The first-order valence-electron chi connectivity index (χ1n) is 3.92. The number of hydroxylamine groups is 1. The lowest BCUT2D eigenvalue weighted by molar-refractivity contribution is 0.0696. The first-order valence-corrected chi connectivity index (χ1v) is 4.72. The van der Waals surface area contributed by atoms with Gasteiger partial charge in [0.15, 0.2) is 0 Å². The molecule has 0 saturated carbocycles. The highest BCUT2D eigenvalue weighted by atomic mass is 79.9. The number of carboxylic acids is 1. The maximum atomic E-state index is 10.6. The second kappa shape index (κ2) is 5.09. The molecule has 0 atom stereocenters. The van der Waals surface area contributed by atoms with Crippen molar-refractivity contribution >= 4 is 21.9 Å². The van der Waals surface area contributed by atoms with Crippen molar-refractivity contribution in [3.8, 4) is 0 Å². The van der Waals surface area contributed by atoms with Crippen molar-refractivity contribution in [1.29, 1.82) is 0 Å². The van der Waals surface area contributed by atoms with E-state index in [1.165, 1.54) is 7.11 Å². The van der Waals surface area contributed by atoms with E-state index in [1.807, 2.05) is 0 Å². The summed E-state index contributed by atoms with van der Waals surface area (Å²) in [5.41, 5.74) is 3.88. The van der Waals surface area contributed by atoms with E-state index in [1.54, 1.807) is 18.2 Å². The van der Waals surface area contributed by atoms with Crippen LogP contribution < -0.4 is 5.48 Å². The number of carboxylic acid groups (broad SMARTS) is 1. The average molecular weight is 260 g/mol. The molecule has 0 aliphatic rings. The number of benzene rings is 1. The molecule has 1 aromatic rings. The minimum absolute atomic E-state index is 0.262. The fourth-order valence-electron chi connectivity index (χ4n) is 0.974. The van der Waals surface area contributed by atoms with Gasteiger partial charge in [-0.3, -0.25) is 0 Å². The Balaban J connectivity index is 2.84. The fraction of sp³-hybridized carbons (Fsp3) is 0.222. The SMILES string of the molecule is CONCc1ccc(C(=O)O)cc1Br. The predicted octanol–water partition coefficient (Wildman–Crippen LogP) is 1.80. The molecule has 4 nitrogen and oxygen atoms in total. The van der Waals surface area contributed by atoms with Crippen LogP contribution in [0, 0.1) is 0 Å². The summed E-state index contributed by atoms with van der Waals surface area (Å²) in [6.45, 7) is 0.525. The zero-order valence-corrected chi connectivity index (χ0v) is 9.17. The van der Waals surface area contributed by atoms with Crippen LogP contribution in [0.25, 0.3) is 0 Å². The van der Waals surface area contributed by atoms with Crippen molar-refractivity contribution in [2.75, 3.05) is 7.11 Å². The highest BCUT2D eigenvalue weighted by molar-refractivity contribution is 9.10. The van der Waals surface area contributed by atoms with Crippen LogP contribution in [0.4, 0.5) is 0 Å². The van der Waals surface area contributed by atoms with E-state index in [-0.39, 0.29) is 5.56 Å². The molecule has 2 N–H and O–H groups in total. The van der Waals surface area contributed by atoms with Crippen molar-refractivity contribution in [3.05, 3.63) is 33.8 Å². The zero-order valence-electron chi connectivity index (χ0n) is 7.58. The third-order valence-electron chi connectivity index (χ3n) is 1.71. The molecular formula is C9H10BrNO3. The van der Waals surface area contributed by atoms with Crippen molar-refractivity contribution in [3.63, 3.8) is 0 Å². The molecule has 1 aromatic carbocycles. The summed E-state index contributed by atoms with van der Waals surface area (Å²) < 4.78 is 0.752. The first kappa shape index (κ1) is 11.2. The second-order valence-corrected chi connectivity index (χ2v) is 3.49. The molecule has 0 aliphatic heterocycles. The van der Waals surface area contributed by atoms with Gasteiger partial charge in [-0.25, -0.2) is 4.79 Å². The minimum Gasteiger partial charge on any atom is -0.478 e. The van der Waals surface area contributed by atoms with Gasteiger partial charge in [0, 0.05) is 11.0 Å². The Hall–Kier alpha value is -0.910. The lowest BCUT2D eigenvalue weighted by Gasteiger charge is -2.05. The maximum absolute atomic E-state index is 10.6. The van der Waals surface area contributed by atoms with Crippen LogP contribution in [0.1, 0.15) is 15.9 Å². The standard InChI is InChI=1S/C9H10BrNO3/c1-14-11-5-7-3-2-6(9(12)13)4-8(7)10/h2-4,11H,5H2,1H3,(H,12,13). The molecule has 0 aromatic heterocycles. The Morgan fingerprint density at radius 1 is 1.64 bits per heavy atom. The number of hydrogen-bond donors (Lipinski definition) is 2. The number of aromatic carboxylic acids is 1. The topological polar surface area (TPSA) is 58.6 Å². The maximum Gasteiger partial charge on any atom is 0.335 e. The molecule has 0 unspecified atom stereocenters. The van der Waals surface area contributed by atoms with E-state index >= 15 is 0 Å². The summed E-state index contributed by atoms with van der Waals surface area (Å²) in [6, 6.07) is 4.86. The van der Waals surface area contributed by atoms with Crippen molar-refractivity contribution in [1.82, 2.24) is 5.48 Å². The van der Waals surface area contributed by atoms with Gasteiger partial charge in [0.2, 0.25) is 0 Å². The minimum atomic E-state index is -0.933. The van der Waals surface area contributed by atoms with E-state index in [0.717, 1.165) is 10.0 Å². The van der Waals surface area contributed by atoms with Crippen molar-refractivity contribution < 1.29 is 14.7 Å². The van der Waals surface area contributed by atoms with E-state index in [2.05, 4.69) is 21.4 Å². The van der Waals surface area contributed by atoms with Crippen molar-refractivity contribution in [2.24, 2.45) is 0 Å². The number of rotatable bonds is 4. The van der Waals surface area contributed by atoms with Crippen LogP contribution in [0.3, 0.4) is 0 Å². The lowest BCUT2D eigenvalue weighted by Crippen LogP contribution is -2.11. The third kappa shape index (κ3) is 2.80. The summed E-state index contributed by atoms with van der Waals surface area (Å²) in [5.74, 6) is -0.933. The highest BCUT2D eigenvalue weighted by Crippen LogP contribution is 2.18. The number of carbonyl (C=O) groups is 1. The van der Waals surface area contributed by atoms with Gasteiger partial charge in [0.1, 0.15) is 0 Å². The van der Waals surface area contributed by atoms with Gasteiger partial charge in [-0.1, -0.05) is 22.0 Å². The fourth-order valence-corrected chi connectivity index (χ4v) is 1.49. The van der Waals surface area contributed by atoms with E-state index < -0.39 is 5.97 Å².